The third-order valence-electron chi connectivity index (χ3n) is 3.61. The molecule has 1 amide bonds. The van der Waals surface area contributed by atoms with Crippen molar-refractivity contribution in [2.45, 2.75) is 27.2 Å². The summed E-state index contributed by atoms with van der Waals surface area (Å²) in [6, 6.07) is 14.1. The molecule has 126 valence electrons. The molecule has 0 fully saturated rings. The maximum absolute atomic E-state index is 12.5. The average molecular weight is 325 g/mol. The van der Waals surface area contributed by atoms with E-state index in [1.165, 1.54) is 6.92 Å². The molecule has 0 aliphatic heterocycles. The minimum Gasteiger partial charge on any atom is -0.493 e. The molecule has 2 aromatic carbocycles. The van der Waals surface area contributed by atoms with Gasteiger partial charge < -0.3 is 10.1 Å². The lowest BCUT2D eigenvalue weighted by Gasteiger charge is -2.13. The van der Waals surface area contributed by atoms with Gasteiger partial charge in [-0.05, 0) is 43.5 Å². The van der Waals surface area contributed by atoms with Gasteiger partial charge in [-0.3, -0.25) is 9.59 Å². The van der Waals surface area contributed by atoms with Gasteiger partial charge in [0, 0.05) is 11.3 Å². The molecule has 0 unspecified atom stereocenters. The molecular weight excluding hydrogens is 302 g/mol. The molecule has 0 aliphatic carbocycles. The quantitative estimate of drug-likeness (QED) is 0.759. The molecule has 4 heteroatoms. The first-order valence-corrected chi connectivity index (χ1v) is 8.11. The van der Waals surface area contributed by atoms with Crippen molar-refractivity contribution in [2.75, 3.05) is 11.9 Å². The van der Waals surface area contributed by atoms with Crippen LogP contribution in [0.5, 0.6) is 5.75 Å². The molecule has 0 aliphatic rings. The minimum atomic E-state index is -0.254. The normalized spacial score (nSPS) is 10.5. The molecule has 4 nitrogen and oxygen atoms in total. The van der Waals surface area contributed by atoms with Crippen molar-refractivity contribution >= 4 is 17.4 Å². The molecule has 0 aromatic heterocycles. The molecule has 0 radical (unpaired) electrons. The Balaban J connectivity index is 2.12. The van der Waals surface area contributed by atoms with Gasteiger partial charge in [0.25, 0.3) is 5.91 Å². The second-order valence-corrected chi connectivity index (χ2v) is 6.12. The van der Waals surface area contributed by atoms with Crippen LogP contribution in [-0.2, 0) is 0 Å². The van der Waals surface area contributed by atoms with E-state index in [9.17, 15) is 9.59 Å². The number of carbonyl (C=O) groups is 2. The second-order valence-electron chi connectivity index (χ2n) is 6.12. The van der Waals surface area contributed by atoms with Gasteiger partial charge in [0.05, 0.1) is 12.2 Å². The molecular formula is C20H23NO3. The molecule has 0 bridgehead atoms. The molecule has 2 aromatic rings. The number of ether oxygens (including phenoxy) is 1. The zero-order chi connectivity index (χ0) is 17.5. The fraction of sp³-hybridized carbons (Fsp3) is 0.300. The predicted molar refractivity (Wildman–Crippen MR) is 95.8 cm³/mol. The van der Waals surface area contributed by atoms with Gasteiger partial charge >= 0.3 is 0 Å². The van der Waals surface area contributed by atoms with Crippen LogP contribution in [0.3, 0.4) is 0 Å². The first kappa shape index (κ1) is 17.7. The first-order valence-electron chi connectivity index (χ1n) is 8.11. The molecule has 0 heterocycles. The Morgan fingerprint density at radius 3 is 2.54 bits per heavy atom. The second kappa shape index (κ2) is 8.29. The highest BCUT2D eigenvalue weighted by Gasteiger charge is 2.13. The summed E-state index contributed by atoms with van der Waals surface area (Å²) in [7, 11) is 0. The van der Waals surface area contributed by atoms with E-state index in [2.05, 4.69) is 19.2 Å². The van der Waals surface area contributed by atoms with E-state index in [1.54, 1.807) is 42.5 Å². The average Bonchev–Trinajstić information content (AvgIpc) is 2.55. The molecule has 0 atom stereocenters. The van der Waals surface area contributed by atoms with Crippen LogP contribution < -0.4 is 10.1 Å². The number of para-hydroxylation sites is 1. The Morgan fingerprint density at radius 1 is 1.08 bits per heavy atom. The zero-order valence-corrected chi connectivity index (χ0v) is 14.3. The summed E-state index contributed by atoms with van der Waals surface area (Å²) < 4.78 is 5.75. The first-order chi connectivity index (χ1) is 11.5. The number of rotatable bonds is 7. The molecule has 2 rings (SSSR count). The Bertz CT molecular complexity index is 722. The minimum absolute atomic E-state index is 0.0384. The van der Waals surface area contributed by atoms with Gasteiger partial charge in [0.15, 0.2) is 5.78 Å². The lowest BCUT2D eigenvalue weighted by Crippen LogP contribution is -2.14. The fourth-order valence-corrected chi connectivity index (χ4v) is 2.20. The van der Waals surface area contributed by atoms with Gasteiger partial charge in [0.1, 0.15) is 5.75 Å². The molecule has 24 heavy (non-hydrogen) atoms. The van der Waals surface area contributed by atoms with Crippen LogP contribution in [0.1, 0.15) is 47.9 Å². The number of ketones is 1. The highest BCUT2D eigenvalue weighted by molar-refractivity contribution is 6.06. The monoisotopic (exact) mass is 325 g/mol. The Labute approximate surface area is 142 Å². The molecule has 0 saturated heterocycles. The van der Waals surface area contributed by atoms with E-state index < -0.39 is 0 Å². The number of benzene rings is 2. The topological polar surface area (TPSA) is 55.4 Å². The maximum atomic E-state index is 12.5. The van der Waals surface area contributed by atoms with Crippen LogP contribution in [0.15, 0.2) is 48.5 Å². The van der Waals surface area contributed by atoms with Gasteiger partial charge in [-0.15, -0.1) is 0 Å². The highest BCUT2D eigenvalue weighted by atomic mass is 16.5. The molecule has 0 saturated carbocycles. The lowest BCUT2D eigenvalue weighted by atomic mass is 10.1. The number of Topliss-reactive ketones (excluding diaryl/α,β-unsaturated/α-hetero) is 1. The summed E-state index contributed by atoms with van der Waals surface area (Å²) in [6.45, 7) is 6.33. The van der Waals surface area contributed by atoms with Crippen LogP contribution >= 0.6 is 0 Å². The molecule has 1 N–H and O–H groups in total. The number of hydrogen-bond acceptors (Lipinski definition) is 3. The summed E-state index contributed by atoms with van der Waals surface area (Å²) in [5.41, 5.74) is 1.63. The van der Waals surface area contributed by atoms with Crippen molar-refractivity contribution in [3.05, 3.63) is 59.7 Å². The SMILES string of the molecule is CC(=O)c1cccc(NC(=O)c2ccccc2OCCC(C)C)c1. The Morgan fingerprint density at radius 2 is 1.83 bits per heavy atom. The molecule has 0 spiro atoms. The summed E-state index contributed by atoms with van der Waals surface area (Å²) in [4.78, 5) is 24.0. The number of amides is 1. The van der Waals surface area contributed by atoms with Crippen LogP contribution in [-0.4, -0.2) is 18.3 Å². The van der Waals surface area contributed by atoms with E-state index >= 15 is 0 Å². The third-order valence-corrected chi connectivity index (χ3v) is 3.61. The summed E-state index contributed by atoms with van der Waals surface area (Å²) in [5.74, 6) is 0.818. The third kappa shape index (κ3) is 4.95. The summed E-state index contributed by atoms with van der Waals surface area (Å²) >= 11 is 0. The van der Waals surface area contributed by atoms with Crippen molar-refractivity contribution in [3.8, 4) is 5.75 Å². The fourth-order valence-electron chi connectivity index (χ4n) is 2.20. The van der Waals surface area contributed by atoms with Crippen LogP contribution in [0.2, 0.25) is 0 Å². The van der Waals surface area contributed by atoms with E-state index in [0.29, 0.717) is 35.1 Å². The van der Waals surface area contributed by atoms with Crippen LogP contribution in [0.4, 0.5) is 5.69 Å². The van der Waals surface area contributed by atoms with E-state index in [0.717, 1.165) is 6.42 Å². The van der Waals surface area contributed by atoms with E-state index in [1.807, 2.05) is 6.07 Å². The Kier molecular flexibility index (Phi) is 6.13. The lowest BCUT2D eigenvalue weighted by molar-refractivity contribution is 0.100. The standard InChI is InChI=1S/C20H23NO3/c1-14(2)11-12-24-19-10-5-4-9-18(19)20(23)21-17-8-6-7-16(13-17)15(3)22/h4-10,13-14H,11-12H2,1-3H3,(H,21,23). The van der Waals surface area contributed by atoms with E-state index in [-0.39, 0.29) is 11.7 Å². The number of anilines is 1. The van der Waals surface area contributed by atoms with Gasteiger partial charge in [-0.1, -0.05) is 38.1 Å². The van der Waals surface area contributed by atoms with Crippen molar-refractivity contribution in [3.63, 3.8) is 0 Å². The van der Waals surface area contributed by atoms with Crippen molar-refractivity contribution < 1.29 is 14.3 Å². The Hall–Kier alpha value is -2.62. The highest BCUT2D eigenvalue weighted by Crippen LogP contribution is 2.21. The summed E-state index contributed by atoms with van der Waals surface area (Å²) in [6.07, 6.45) is 0.927. The number of carbonyl (C=O) groups excluding carboxylic acids is 2. The smallest absolute Gasteiger partial charge is 0.259 e. The van der Waals surface area contributed by atoms with Crippen molar-refractivity contribution in [1.29, 1.82) is 0 Å². The predicted octanol–water partition coefficient (Wildman–Crippen LogP) is 4.57. The van der Waals surface area contributed by atoms with Crippen LogP contribution in [0, 0.1) is 5.92 Å². The number of nitrogens with one attached hydrogen (secondary N) is 1. The van der Waals surface area contributed by atoms with Gasteiger partial charge in [-0.2, -0.15) is 0 Å². The van der Waals surface area contributed by atoms with Gasteiger partial charge in [-0.25, -0.2) is 0 Å². The largest absolute Gasteiger partial charge is 0.493 e. The van der Waals surface area contributed by atoms with E-state index in [4.69, 9.17) is 4.74 Å². The summed E-state index contributed by atoms with van der Waals surface area (Å²) in [5, 5.41) is 2.82. The maximum Gasteiger partial charge on any atom is 0.259 e. The number of hydrogen-bond donors (Lipinski definition) is 1. The van der Waals surface area contributed by atoms with Gasteiger partial charge in [0.2, 0.25) is 0 Å². The van der Waals surface area contributed by atoms with Crippen LogP contribution in [0.25, 0.3) is 0 Å². The van der Waals surface area contributed by atoms with Crippen molar-refractivity contribution in [2.24, 2.45) is 5.92 Å². The van der Waals surface area contributed by atoms with Crippen molar-refractivity contribution in [1.82, 2.24) is 0 Å². The zero-order valence-electron chi connectivity index (χ0n) is 14.3.